The Labute approximate surface area is 107 Å². The monoisotopic (exact) mass is 252 g/mol. The van der Waals surface area contributed by atoms with Crippen LogP contribution in [-0.4, -0.2) is 41.1 Å². The molecular weight excluding hydrogens is 232 g/mol. The van der Waals surface area contributed by atoms with Crippen LogP contribution in [0.2, 0.25) is 0 Å². The molecule has 1 aromatic heterocycles. The Morgan fingerprint density at radius 2 is 2.35 bits per heavy atom. The van der Waals surface area contributed by atoms with Crippen molar-refractivity contribution in [2.24, 2.45) is 0 Å². The van der Waals surface area contributed by atoms with E-state index in [0.29, 0.717) is 0 Å². The quantitative estimate of drug-likeness (QED) is 0.880. The number of hydrogen-bond donors (Lipinski definition) is 1. The van der Waals surface area contributed by atoms with Gasteiger partial charge in [0.1, 0.15) is 5.82 Å². The van der Waals surface area contributed by atoms with Crippen LogP contribution in [0, 0.1) is 0 Å². The highest BCUT2D eigenvalue weighted by atomic mass is 32.2. The van der Waals surface area contributed by atoms with E-state index < -0.39 is 0 Å². The van der Waals surface area contributed by atoms with Gasteiger partial charge in [-0.25, -0.2) is 4.98 Å². The number of thioether (sulfide) groups is 1. The third-order valence-corrected chi connectivity index (χ3v) is 4.34. The van der Waals surface area contributed by atoms with E-state index in [1.165, 1.54) is 12.2 Å². The van der Waals surface area contributed by atoms with E-state index in [1.54, 1.807) is 0 Å². The summed E-state index contributed by atoms with van der Waals surface area (Å²) in [5, 5.41) is 3.82. The van der Waals surface area contributed by atoms with E-state index in [4.69, 9.17) is 0 Å². The average Bonchev–Trinajstić information content (AvgIpc) is 2.40. The van der Waals surface area contributed by atoms with Gasteiger partial charge in [-0.2, -0.15) is 11.8 Å². The molecule has 1 aliphatic heterocycles. The first-order valence-corrected chi connectivity index (χ1v) is 7.20. The molecule has 1 atom stereocenters. The van der Waals surface area contributed by atoms with E-state index in [0.717, 1.165) is 36.4 Å². The third-order valence-electron chi connectivity index (χ3n) is 2.97. The van der Waals surface area contributed by atoms with E-state index in [2.05, 4.69) is 38.9 Å². The van der Waals surface area contributed by atoms with Crippen LogP contribution in [0.5, 0.6) is 0 Å². The molecule has 0 spiro atoms. The average molecular weight is 252 g/mol. The summed E-state index contributed by atoms with van der Waals surface area (Å²) in [4.78, 5) is 11.3. The Hall–Kier alpha value is -0.810. The van der Waals surface area contributed by atoms with Gasteiger partial charge in [-0.15, -0.1) is 0 Å². The highest BCUT2D eigenvalue weighted by molar-refractivity contribution is 8.00. The molecule has 1 N–H and O–H groups in total. The lowest BCUT2D eigenvalue weighted by atomic mass is 10.3. The van der Waals surface area contributed by atoms with Crippen molar-refractivity contribution in [1.82, 2.24) is 15.3 Å². The van der Waals surface area contributed by atoms with Gasteiger partial charge in [-0.3, -0.25) is 4.98 Å². The molecule has 1 aliphatic rings. The smallest absolute Gasteiger partial charge is 0.147 e. The van der Waals surface area contributed by atoms with Gasteiger partial charge in [-0.1, -0.05) is 6.92 Å². The third kappa shape index (κ3) is 3.33. The number of aromatic nitrogens is 2. The van der Waals surface area contributed by atoms with Crippen molar-refractivity contribution in [3.8, 4) is 0 Å². The zero-order valence-corrected chi connectivity index (χ0v) is 11.3. The van der Waals surface area contributed by atoms with E-state index in [9.17, 15) is 0 Å². The summed E-state index contributed by atoms with van der Waals surface area (Å²) in [6, 6.07) is 0. The maximum atomic E-state index is 4.50. The molecule has 0 bridgehead atoms. The Bertz CT molecular complexity index is 341. The summed E-state index contributed by atoms with van der Waals surface area (Å²) in [5.41, 5.74) is 0.995. The van der Waals surface area contributed by atoms with Crippen molar-refractivity contribution in [3.05, 3.63) is 18.1 Å². The molecule has 0 aliphatic carbocycles. The lowest BCUT2D eigenvalue weighted by molar-refractivity contribution is 0.714. The van der Waals surface area contributed by atoms with Gasteiger partial charge < -0.3 is 10.2 Å². The Morgan fingerprint density at radius 1 is 1.47 bits per heavy atom. The molecule has 5 heteroatoms. The lowest BCUT2D eigenvalue weighted by Gasteiger charge is -2.32. The molecule has 1 aromatic rings. The Kier molecular flexibility index (Phi) is 4.62. The summed E-state index contributed by atoms with van der Waals surface area (Å²) in [5.74, 6) is 2.21. The van der Waals surface area contributed by atoms with E-state index >= 15 is 0 Å². The highest BCUT2D eigenvalue weighted by Crippen LogP contribution is 2.24. The standard InChI is InChI=1S/C12H20N4S/c1-3-11-9-16(4-5-17-11)12-8-14-10(6-13-2)7-15-12/h7-8,11,13H,3-6,9H2,1-2H3. The maximum absolute atomic E-state index is 4.50. The molecule has 2 rings (SSSR count). The Balaban J connectivity index is 2.01. The molecule has 94 valence electrons. The molecule has 0 amide bonds. The molecule has 0 radical (unpaired) electrons. The molecular formula is C12H20N4S. The topological polar surface area (TPSA) is 41.1 Å². The van der Waals surface area contributed by atoms with Crippen molar-refractivity contribution in [2.75, 3.05) is 30.8 Å². The minimum atomic E-state index is 0.738. The molecule has 1 fully saturated rings. The van der Waals surface area contributed by atoms with Crippen LogP contribution in [0.1, 0.15) is 19.0 Å². The molecule has 0 saturated carbocycles. The van der Waals surface area contributed by atoms with E-state index in [-0.39, 0.29) is 0 Å². The van der Waals surface area contributed by atoms with Crippen LogP contribution in [0.25, 0.3) is 0 Å². The van der Waals surface area contributed by atoms with Gasteiger partial charge >= 0.3 is 0 Å². The molecule has 17 heavy (non-hydrogen) atoms. The zero-order chi connectivity index (χ0) is 12.1. The van der Waals surface area contributed by atoms with Crippen molar-refractivity contribution >= 4 is 17.6 Å². The fourth-order valence-electron chi connectivity index (χ4n) is 1.96. The summed E-state index contributed by atoms with van der Waals surface area (Å²) >= 11 is 2.07. The molecule has 1 saturated heterocycles. The van der Waals surface area contributed by atoms with Crippen molar-refractivity contribution in [3.63, 3.8) is 0 Å². The molecule has 4 nitrogen and oxygen atoms in total. The summed E-state index contributed by atoms with van der Waals surface area (Å²) in [6.07, 6.45) is 5.00. The Morgan fingerprint density at radius 3 is 3.00 bits per heavy atom. The largest absolute Gasteiger partial charge is 0.353 e. The predicted octanol–water partition coefficient (Wildman–Crippen LogP) is 1.53. The van der Waals surface area contributed by atoms with Gasteiger partial charge in [0.15, 0.2) is 0 Å². The number of anilines is 1. The van der Waals surface area contributed by atoms with Gasteiger partial charge in [0.25, 0.3) is 0 Å². The second-order valence-electron chi connectivity index (χ2n) is 4.24. The second-order valence-corrected chi connectivity index (χ2v) is 5.65. The van der Waals surface area contributed by atoms with Crippen LogP contribution in [-0.2, 0) is 6.54 Å². The number of nitrogens with one attached hydrogen (secondary N) is 1. The van der Waals surface area contributed by atoms with Crippen LogP contribution >= 0.6 is 11.8 Å². The summed E-state index contributed by atoms with van der Waals surface area (Å²) in [7, 11) is 1.92. The first-order valence-electron chi connectivity index (χ1n) is 6.15. The number of rotatable bonds is 4. The minimum Gasteiger partial charge on any atom is -0.353 e. The predicted molar refractivity (Wildman–Crippen MR) is 73.5 cm³/mol. The second kappa shape index (κ2) is 6.21. The van der Waals surface area contributed by atoms with Crippen LogP contribution in [0.15, 0.2) is 12.4 Å². The van der Waals surface area contributed by atoms with Gasteiger partial charge in [-0.05, 0) is 13.5 Å². The van der Waals surface area contributed by atoms with E-state index in [1.807, 2.05) is 19.4 Å². The molecule has 1 unspecified atom stereocenters. The fraction of sp³-hybridized carbons (Fsp3) is 0.667. The van der Waals surface area contributed by atoms with Crippen LogP contribution in [0.3, 0.4) is 0 Å². The lowest BCUT2D eigenvalue weighted by Crippen LogP contribution is -2.38. The van der Waals surface area contributed by atoms with Crippen molar-refractivity contribution in [1.29, 1.82) is 0 Å². The summed E-state index contributed by atoms with van der Waals surface area (Å²) < 4.78 is 0. The normalized spacial score (nSPS) is 20.6. The van der Waals surface area contributed by atoms with Gasteiger partial charge in [0.05, 0.1) is 18.1 Å². The van der Waals surface area contributed by atoms with Crippen molar-refractivity contribution < 1.29 is 0 Å². The van der Waals surface area contributed by atoms with Gasteiger partial charge in [0, 0.05) is 30.6 Å². The molecule has 2 heterocycles. The van der Waals surface area contributed by atoms with Crippen LogP contribution in [0.4, 0.5) is 5.82 Å². The highest BCUT2D eigenvalue weighted by Gasteiger charge is 2.19. The van der Waals surface area contributed by atoms with Crippen molar-refractivity contribution in [2.45, 2.75) is 25.1 Å². The van der Waals surface area contributed by atoms with Gasteiger partial charge in [0.2, 0.25) is 0 Å². The maximum Gasteiger partial charge on any atom is 0.147 e. The number of nitrogens with zero attached hydrogens (tertiary/aromatic N) is 3. The van der Waals surface area contributed by atoms with Crippen LogP contribution < -0.4 is 10.2 Å². The number of hydrogen-bond acceptors (Lipinski definition) is 5. The molecule has 0 aromatic carbocycles. The SMILES string of the molecule is CCC1CN(c2cnc(CNC)cn2)CCS1. The first-order chi connectivity index (χ1) is 8.33. The summed E-state index contributed by atoms with van der Waals surface area (Å²) in [6.45, 7) is 5.21. The minimum absolute atomic E-state index is 0.738. The fourth-order valence-corrected chi connectivity index (χ4v) is 3.14. The zero-order valence-electron chi connectivity index (χ0n) is 10.5. The first kappa shape index (κ1) is 12.6.